The number of rotatable bonds is 1. The van der Waals surface area contributed by atoms with Crippen LogP contribution in [-0.4, -0.2) is 55.6 Å². The van der Waals surface area contributed by atoms with E-state index in [2.05, 4.69) is 0 Å². The number of ether oxygens (including phenoxy) is 1. The topological polar surface area (TPSA) is 90.2 Å². The molecule has 12 heavy (non-hydrogen) atoms. The minimum Gasteiger partial charge on any atom is -0.388 e. The number of alkyl halides is 1. The van der Waals surface area contributed by atoms with Gasteiger partial charge in [0.15, 0.2) is 6.29 Å². The maximum atomic E-state index is 9.27. The van der Waals surface area contributed by atoms with E-state index < -0.39 is 30.7 Å². The first-order valence-corrected chi connectivity index (χ1v) is 5.04. The first-order chi connectivity index (χ1) is 5.57. The van der Waals surface area contributed by atoms with Crippen LogP contribution in [0, 0.1) is 0 Å². The van der Waals surface area contributed by atoms with E-state index in [1.54, 1.807) is 0 Å². The van der Waals surface area contributed by atoms with Gasteiger partial charge in [0.2, 0.25) is 0 Å². The Bertz CT molecular complexity index is 150. The summed E-state index contributed by atoms with van der Waals surface area (Å²) in [5.41, 5.74) is 0. The molecule has 1 aliphatic heterocycles. The molecule has 0 amide bonds. The molecule has 5 atom stereocenters. The Morgan fingerprint density at radius 2 is 1.58 bits per heavy atom. The minimum atomic E-state index is -1.43. The molecular formula is C6H11IO5. The zero-order valence-corrected chi connectivity index (χ0v) is 8.33. The third-order valence-corrected chi connectivity index (χ3v) is 2.71. The lowest BCUT2D eigenvalue weighted by Crippen LogP contribution is -2.57. The zero-order chi connectivity index (χ0) is 9.30. The fourth-order valence-electron chi connectivity index (χ4n) is 1.06. The Labute approximate surface area is 83.1 Å². The van der Waals surface area contributed by atoms with Gasteiger partial charge in [0.25, 0.3) is 0 Å². The summed E-state index contributed by atoms with van der Waals surface area (Å²) in [6.07, 6.45) is -5.95. The fourth-order valence-corrected chi connectivity index (χ4v) is 1.79. The zero-order valence-electron chi connectivity index (χ0n) is 6.17. The van der Waals surface area contributed by atoms with Crippen LogP contribution in [0.4, 0.5) is 0 Å². The molecule has 1 heterocycles. The highest BCUT2D eigenvalue weighted by molar-refractivity contribution is 14.1. The van der Waals surface area contributed by atoms with Crippen molar-refractivity contribution in [3.63, 3.8) is 0 Å². The lowest BCUT2D eigenvalue weighted by molar-refractivity contribution is -0.275. The smallest absolute Gasteiger partial charge is 0.183 e. The lowest BCUT2D eigenvalue weighted by Gasteiger charge is -2.37. The molecule has 72 valence electrons. The quantitative estimate of drug-likeness (QED) is 0.339. The van der Waals surface area contributed by atoms with Crippen molar-refractivity contribution in [2.24, 2.45) is 0 Å². The molecule has 0 aromatic rings. The van der Waals surface area contributed by atoms with Gasteiger partial charge >= 0.3 is 0 Å². The molecule has 0 bridgehead atoms. The Balaban J connectivity index is 2.63. The highest BCUT2D eigenvalue weighted by Gasteiger charge is 2.42. The summed E-state index contributed by atoms with van der Waals surface area (Å²) in [5, 5.41) is 36.5. The Hall–Kier alpha value is 0.530. The highest BCUT2D eigenvalue weighted by atomic mass is 127. The molecule has 0 unspecified atom stereocenters. The average molecular weight is 290 g/mol. The summed E-state index contributed by atoms with van der Waals surface area (Å²) in [6.45, 7) is 0. The number of aliphatic hydroxyl groups excluding tert-OH is 4. The second-order valence-corrected chi connectivity index (χ2v) is 3.57. The van der Waals surface area contributed by atoms with Gasteiger partial charge in [0, 0.05) is 4.43 Å². The summed E-state index contributed by atoms with van der Waals surface area (Å²) >= 11 is 1.96. The van der Waals surface area contributed by atoms with E-state index in [0.29, 0.717) is 4.43 Å². The molecule has 1 saturated heterocycles. The minimum absolute atomic E-state index is 0.444. The SMILES string of the molecule is O[C@H]1[C@@H](O)[C@H](CI)O[C@H](O)[C@@H]1O. The molecule has 0 saturated carbocycles. The van der Waals surface area contributed by atoms with Crippen LogP contribution >= 0.6 is 22.6 Å². The van der Waals surface area contributed by atoms with Gasteiger partial charge in [-0.3, -0.25) is 0 Å². The summed E-state index contributed by atoms with van der Waals surface area (Å²) < 4.78 is 5.26. The molecule has 1 rings (SSSR count). The van der Waals surface area contributed by atoms with Gasteiger partial charge in [-0.15, -0.1) is 0 Å². The van der Waals surface area contributed by atoms with Crippen molar-refractivity contribution >= 4 is 22.6 Å². The first kappa shape index (κ1) is 10.6. The lowest BCUT2D eigenvalue weighted by atomic mass is 10.0. The Kier molecular flexibility index (Phi) is 3.68. The highest BCUT2D eigenvalue weighted by Crippen LogP contribution is 2.20. The van der Waals surface area contributed by atoms with Gasteiger partial charge in [0.1, 0.15) is 18.3 Å². The van der Waals surface area contributed by atoms with E-state index in [1.807, 2.05) is 22.6 Å². The van der Waals surface area contributed by atoms with Crippen LogP contribution in [0.2, 0.25) is 0 Å². The van der Waals surface area contributed by atoms with Crippen LogP contribution in [-0.2, 0) is 4.74 Å². The molecule has 0 radical (unpaired) electrons. The predicted molar refractivity (Wildman–Crippen MR) is 47.8 cm³/mol. The van der Waals surface area contributed by atoms with Crippen molar-refractivity contribution < 1.29 is 25.2 Å². The van der Waals surface area contributed by atoms with E-state index >= 15 is 0 Å². The maximum absolute atomic E-state index is 9.27. The molecule has 0 aliphatic carbocycles. The molecule has 0 spiro atoms. The molecule has 5 nitrogen and oxygen atoms in total. The summed E-state index contributed by atoms with van der Waals surface area (Å²) in [6, 6.07) is 0. The molecular weight excluding hydrogens is 279 g/mol. The number of hydrogen-bond donors (Lipinski definition) is 4. The first-order valence-electron chi connectivity index (χ1n) is 3.51. The molecule has 1 aliphatic rings. The second-order valence-electron chi connectivity index (χ2n) is 2.69. The van der Waals surface area contributed by atoms with E-state index in [9.17, 15) is 10.2 Å². The summed E-state index contributed by atoms with van der Waals surface area (Å²) in [4.78, 5) is 0. The van der Waals surface area contributed by atoms with E-state index in [0.717, 1.165) is 0 Å². The summed E-state index contributed by atoms with van der Waals surface area (Å²) in [7, 11) is 0. The molecule has 0 aromatic heterocycles. The Morgan fingerprint density at radius 1 is 1.00 bits per heavy atom. The van der Waals surface area contributed by atoms with Crippen LogP contribution in [0.15, 0.2) is 0 Å². The van der Waals surface area contributed by atoms with Crippen molar-refractivity contribution in [3.05, 3.63) is 0 Å². The van der Waals surface area contributed by atoms with Crippen molar-refractivity contribution in [1.29, 1.82) is 0 Å². The molecule has 0 aromatic carbocycles. The predicted octanol–water partition coefficient (Wildman–Crippen LogP) is -1.78. The largest absolute Gasteiger partial charge is 0.388 e. The standard InChI is InChI=1S/C6H11IO5/c7-1-2-3(8)4(9)5(10)6(11)12-2/h2-6,8-11H,1H2/t2-,3-,4-,5+,6-/m0/s1. The second kappa shape index (κ2) is 4.16. The Morgan fingerprint density at radius 3 is 2.08 bits per heavy atom. The third kappa shape index (κ3) is 1.88. The van der Waals surface area contributed by atoms with Gasteiger partial charge < -0.3 is 25.2 Å². The number of halogens is 1. The van der Waals surface area contributed by atoms with Gasteiger partial charge in [0.05, 0.1) is 6.10 Å². The maximum Gasteiger partial charge on any atom is 0.183 e. The van der Waals surface area contributed by atoms with Gasteiger partial charge in [-0.05, 0) is 0 Å². The van der Waals surface area contributed by atoms with E-state index in [-0.39, 0.29) is 0 Å². The van der Waals surface area contributed by atoms with Crippen molar-refractivity contribution in [1.82, 2.24) is 0 Å². The monoisotopic (exact) mass is 290 g/mol. The molecule has 6 heteroatoms. The van der Waals surface area contributed by atoms with Crippen LogP contribution in [0.25, 0.3) is 0 Å². The van der Waals surface area contributed by atoms with Crippen molar-refractivity contribution in [3.8, 4) is 0 Å². The van der Waals surface area contributed by atoms with Crippen LogP contribution in [0.3, 0.4) is 0 Å². The normalized spacial score (nSPS) is 49.2. The third-order valence-electron chi connectivity index (χ3n) is 1.84. The van der Waals surface area contributed by atoms with Crippen LogP contribution in [0.1, 0.15) is 0 Å². The van der Waals surface area contributed by atoms with Gasteiger partial charge in [-0.2, -0.15) is 0 Å². The van der Waals surface area contributed by atoms with Crippen molar-refractivity contribution in [2.45, 2.75) is 30.7 Å². The van der Waals surface area contributed by atoms with E-state index in [1.165, 1.54) is 0 Å². The van der Waals surface area contributed by atoms with Gasteiger partial charge in [-0.25, -0.2) is 0 Å². The van der Waals surface area contributed by atoms with Crippen molar-refractivity contribution in [2.75, 3.05) is 4.43 Å². The molecule has 1 fully saturated rings. The fraction of sp³-hybridized carbons (Fsp3) is 1.00. The van der Waals surface area contributed by atoms with Crippen LogP contribution < -0.4 is 0 Å². The van der Waals surface area contributed by atoms with Crippen LogP contribution in [0.5, 0.6) is 0 Å². The number of hydrogen-bond acceptors (Lipinski definition) is 5. The molecule has 4 N–H and O–H groups in total. The number of aliphatic hydroxyl groups is 4. The van der Waals surface area contributed by atoms with E-state index in [4.69, 9.17) is 14.9 Å². The van der Waals surface area contributed by atoms with Gasteiger partial charge in [-0.1, -0.05) is 22.6 Å². The summed E-state index contributed by atoms with van der Waals surface area (Å²) in [5.74, 6) is 0. The average Bonchev–Trinajstić information content (AvgIpc) is 2.08.